The minimum atomic E-state index is 0.317. The van der Waals surface area contributed by atoms with Crippen LogP contribution in [0.2, 0.25) is 5.15 Å². The van der Waals surface area contributed by atoms with Gasteiger partial charge in [-0.1, -0.05) is 29.8 Å². The zero-order valence-electron chi connectivity index (χ0n) is 9.62. The minimum Gasteiger partial charge on any atom is -0.453 e. The van der Waals surface area contributed by atoms with E-state index >= 15 is 0 Å². The van der Waals surface area contributed by atoms with Gasteiger partial charge in [-0.05, 0) is 12.1 Å². The number of hydrogen-bond acceptors (Lipinski definition) is 4. The Labute approximate surface area is 112 Å². The number of fused-ring (bicyclic) bond motifs is 2. The maximum absolute atomic E-state index is 5.97. The van der Waals surface area contributed by atoms with E-state index in [2.05, 4.69) is 15.2 Å². The van der Waals surface area contributed by atoms with Gasteiger partial charge in [-0.25, -0.2) is 4.98 Å². The van der Waals surface area contributed by atoms with Crippen LogP contribution in [0.25, 0.3) is 28.2 Å². The highest BCUT2D eigenvalue weighted by atomic mass is 35.5. The average molecular weight is 271 g/mol. The second-order valence-corrected chi connectivity index (χ2v) is 4.44. The van der Waals surface area contributed by atoms with Crippen molar-refractivity contribution in [1.29, 1.82) is 0 Å². The molecule has 0 unspecified atom stereocenters. The molecule has 1 aromatic carbocycles. The van der Waals surface area contributed by atoms with Crippen molar-refractivity contribution in [2.24, 2.45) is 0 Å². The summed E-state index contributed by atoms with van der Waals surface area (Å²) in [6.07, 6.45) is 3.36. The number of aromatic nitrogens is 4. The second-order valence-electron chi connectivity index (χ2n) is 4.08. The molecule has 19 heavy (non-hydrogen) atoms. The van der Waals surface area contributed by atoms with Crippen LogP contribution >= 0.6 is 11.6 Å². The molecule has 4 rings (SSSR count). The molecule has 5 nitrogen and oxygen atoms in total. The normalized spacial score (nSPS) is 11.4. The lowest BCUT2D eigenvalue weighted by atomic mass is 10.2. The quantitative estimate of drug-likeness (QED) is 0.533. The average Bonchev–Trinajstić information content (AvgIpc) is 3.02. The number of halogens is 1. The highest BCUT2D eigenvalue weighted by molar-refractivity contribution is 6.32. The van der Waals surface area contributed by atoms with Gasteiger partial charge in [-0.2, -0.15) is 0 Å². The molecule has 0 bridgehead atoms. The number of para-hydroxylation sites is 1. The van der Waals surface area contributed by atoms with E-state index in [-0.39, 0.29) is 0 Å². The van der Waals surface area contributed by atoms with Crippen LogP contribution in [0, 0.1) is 0 Å². The molecule has 0 amide bonds. The molecule has 3 aromatic heterocycles. The first-order chi connectivity index (χ1) is 9.33. The number of nitrogens with zero attached hydrogens (tertiary/aromatic N) is 4. The summed E-state index contributed by atoms with van der Waals surface area (Å²) in [6, 6.07) is 9.72. The van der Waals surface area contributed by atoms with Crippen molar-refractivity contribution in [1.82, 2.24) is 19.6 Å². The third-order valence-corrected chi connectivity index (χ3v) is 3.20. The predicted molar refractivity (Wildman–Crippen MR) is 71.0 cm³/mol. The van der Waals surface area contributed by atoms with Crippen LogP contribution < -0.4 is 0 Å². The lowest BCUT2D eigenvalue weighted by Gasteiger charge is -1.95. The van der Waals surface area contributed by atoms with Crippen molar-refractivity contribution in [2.45, 2.75) is 0 Å². The summed E-state index contributed by atoms with van der Waals surface area (Å²) >= 11 is 5.97. The molecule has 0 aliphatic heterocycles. The molecule has 0 N–H and O–H groups in total. The Morgan fingerprint density at radius 2 is 2.05 bits per heavy atom. The van der Waals surface area contributed by atoms with Crippen LogP contribution in [0.3, 0.4) is 0 Å². The molecule has 0 spiro atoms. The van der Waals surface area contributed by atoms with Crippen molar-refractivity contribution in [3.63, 3.8) is 0 Å². The van der Waals surface area contributed by atoms with E-state index in [1.807, 2.05) is 30.3 Å². The summed E-state index contributed by atoms with van der Waals surface area (Å²) in [5.41, 5.74) is 1.33. The van der Waals surface area contributed by atoms with Crippen molar-refractivity contribution in [2.75, 3.05) is 0 Å². The molecular formula is C13H7ClN4O. The highest BCUT2D eigenvalue weighted by Crippen LogP contribution is 2.27. The standard InChI is InChI=1S/C13H7ClN4O/c14-11-13-17-16-12(18(13)6-5-15-11)10-7-8-3-1-2-4-9(8)19-10/h1-7H. The fraction of sp³-hybridized carbons (Fsp3) is 0. The zero-order chi connectivity index (χ0) is 12.8. The van der Waals surface area contributed by atoms with Crippen LogP contribution in [-0.2, 0) is 0 Å². The Morgan fingerprint density at radius 3 is 2.95 bits per heavy atom. The van der Waals surface area contributed by atoms with E-state index in [4.69, 9.17) is 16.0 Å². The summed E-state index contributed by atoms with van der Waals surface area (Å²) < 4.78 is 7.53. The van der Waals surface area contributed by atoms with Gasteiger partial charge in [0, 0.05) is 17.8 Å². The van der Waals surface area contributed by atoms with Crippen LogP contribution in [0.15, 0.2) is 47.1 Å². The molecule has 6 heteroatoms. The Morgan fingerprint density at radius 1 is 1.16 bits per heavy atom. The molecule has 0 aliphatic rings. The first-order valence-electron chi connectivity index (χ1n) is 5.67. The van der Waals surface area contributed by atoms with E-state index in [9.17, 15) is 0 Å². The Hall–Kier alpha value is -2.40. The molecule has 0 saturated heterocycles. The van der Waals surface area contributed by atoms with Crippen molar-refractivity contribution in [3.8, 4) is 11.6 Å². The van der Waals surface area contributed by atoms with E-state index in [1.54, 1.807) is 16.8 Å². The second kappa shape index (κ2) is 3.80. The minimum absolute atomic E-state index is 0.317. The largest absolute Gasteiger partial charge is 0.453 e. The molecular weight excluding hydrogens is 264 g/mol. The Kier molecular flexibility index (Phi) is 2.10. The highest BCUT2D eigenvalue weighted by Gasteiger charge is 2.14. The zero-order valence-corrected chi connectivity index (χ0v) is 10.4. The van der Waals surface area contributed by atoms with Crippen LogP contribution in [0.1, 0.15) is 0 Å². The lowest BCUT2D eigenvalue weighted by molar-refractivity contribution is 0.624. The van der Waals surface area contributed by atoms with Gasteiger partial charge in [0.25, 0.3) is 0 Å². The van der Waals surface area contributed by atoms with Gasteiger partial charge in [0.1, 0.15) is 5.58 Å². The first kappa shape index (κ1) is 10.5. The van der Waals surface area contributed by atoms with Crippen molar-refractivity contribution in [3.05, 3.63) is 47.9 Å². The van der Waals surface area contributed by atoms with Gasteiger partial charge in [0.2, 0.25) is 5.82 Å². The summed E-state index contributed by atoms with van der Waals surface area (Å²) in [7, 11) is 0. The molecule has 0 aliphatic carbocycles. The molecule has 0 fully saturated rings. The van der Waals surface area contributed by atoms with Crippen LogP contribution in [0.4, 0.5) is 0 Å². The van der Waals surface area contributed by atoms with Crippen LogP contribution in [-0.4, -0.2) is 19.6 Å². The third kappa shape index (κ3) is 1.52. The van der Waals surface area contributed by atoms with E-state index < -0.39 is 0 Å². The maximum Gasteiger partial charge on any atom is 0.204 e. The number of hydrogen-bond donors (Lipinski definition) is 0. The lowest BCUT2D eigenvalue weighted by Crippen LogP contribution is -1.89. The summed E-state index contributed by atoms with van der Waals surface area (Å²) in [5.74, 6) is 1.26. The van der Waals surface area contributed by atoms with Crippen LogP contribution in [0.5, 0.6) is 0 Å². The van der Waals surface area contributed by atoms with Gasteiger partial charge in [0.15, 0.2) is 16.6 Å². The maximum atomic E-state index is 5.97. The third-order valence-electron chi connectivity index (χ3n) is 2.93. The Balaban J connectivity index is 2.01. The number of furan rings is 1. The smallest absolute Gasteiger partial charge is 0.204 e. The molecule has 3 heterocycles. The SMILES string of the molecule is Clc1nccn2c(-c3cc4ccccc4o3)nnc12. The van der Waals surface area contributed by atoms with Crippen molar-refractivity contribution < 1.29 is 4.42 Å². The fourth-order valence-electron chi connectivity index (χ4n) is 2.06. The summed E-state index contributed by atoms with van der Waals surface area (Å²) in [5, 5.41) is 9.48. The van der Waals surface area contributed by atoms with Gasteiger partial charge in [-0.15, -0.1) is 10.2 Å². The molecule has 4 aromatic rings. The molecule has 92 valence electrons. The number of rotatable bonds is 1. The predicted octanol–water partition coefficient (Wildman–Crippen LogP) is 3.19. The van der Waals surface area contributed by atoms with Gasteiger partial charge < -0.3 is 4.42 Å². The van der Waals surface area contributed by atoms with E-state index in [0.717, 1.165) is 11.0 Å². The van der Waals surface area contributed by atoms with Crippen molar-refractivity contribution >= 4 is 28.2 Å². The topological polar surface area (TPSA) is 56.2 Å². The first-order valence-corrected chi connectivity index (χ1v) is 6.05. The number of benzene rings is 1. The summed E-state index contributed by atoms with van der Waals surface area (Å²) in [6.45, 7) is 0. The molecule has 0 saturated carbocycles. The fourth-order valence-corrected chi connectivity index (χ4v) is 2.24. The van der Waals surface area contributed by atoms with E-state index in [1.165, 1.54) is 0 Å². The van der Waals surface area contributed by atoms with Gasteiger partial charge >= 0.3 is 0 Å². The van der Waals surface area contributed by atoms with Gasteiger partial charge in [-0.3, -0.25) is 4.40 Å². The Bertz CT molecular complexity index is 863. The van der Waals surface area contributed by atoms with Gasteiger partial charge in [0.05, 0.1) is 0 Å². The monoisotopic (exact) mass is 270 g/mol. The van der Waals surface area contributed by atoms with E-state index in [0.29, 0.717) is 22.4 Å². The summed E-state index contributed by atoms with van der Waals surface area (Å²) in [4.78, 5) is 3.97. The molecule has 0 radical (unpaired) electrons. The molecule has 0 atom stereocenters.